The highest BCUT2D eigenvalue weighted by molar-refractivity contribution is 4.78. The Labute approximate surface area is 102 Å². The number of hydrogen-bond donors (Lipinski definition) is 0. The number of ether oxygens (including phenoxy) is 1. The quantitative estimate of drug-likeness (QED) is 0.657. The summed E-state index contributed by atoms with van der Waals surface area (Å²) in [6.45, 7) is 13.5. The van der Waals surface area contributed by atoms with Crippen LogP contribution >= 0.6 is 0 Å². The summed E-state index contributed by atoms with van der Waals surface area (Å²) in [5.74, 6) is 0.930. The maximum atomic E-state index is 6.06. The van der Waals surface area contributed by atoms with Gasteiger partial charge in [-0.2, -0.15) is 0 Å². The molecule has 0 heterocycles. The fraction of sp³-hybridized carbons (Fsp3) is 1.00. The summed E-state index contributed by atoms with van der Waals surface area (Å²) in [5, 5.41) is 0. The highest BCUT2D eigenvalue weighted by Gasteiger charge is 2.27. The molecule has 1 aliphatic rings. The van der Waals surface area contributed by atoms with Crippen molar-refractivity contribution in [2.24, 2.45) is 11.3 Å². The van der Waals surface area contributed by atoms with Gasteiger partial charge >= 0.3 is 0 Å². The van der Waals surface area contributed by atoms with Crippen molar-refractivity contribution in [2.75, 3.05) is 0 Å². The lowest BCUT2D eigenvalue weighted by atomic mass is 9.77. The van der Waals surface area contributed by atoms with Crippen LogP contribution < -0.4 is 0 Å². The summed E-state index contributed by atoms with van der Waals surface area (Å²) in [6, 6.07) is 0. The zero-order chi connectivity index (χ0) is 12.4. The second kappa shape index (κ2) is 5.08. The molecule has 0 bridgehead atoms. The molecule has 0 atom stereocenters. The number of rotatable bonds is 2. The van der Waals surface area contributed by atoms with Gasteiger partial charge in [0.1, 0.15) is 0 Å². The molecule has 1 saturated carbocycles. The lowest BCUT2D eigenvalue weighted by molar-refractivity contribution is -0.0797. The summed E-state index contributed by atoms with van der Waals surface area (Å²) in [6.07, 6.45) is 7.12. The summed E-state index contributed by atoms with van der Waals surface area (Å²) >= 11 is 0. The molecule has 0 N–H and O–H groups in total. The van der Waals surface area contributed by atoms with Gasteiger partial charge in [0.15, 0.2) is 0 Å². The Balaban J connectivity index is 2.29. The monoisotopic (exact) mass is 226 g/mol. The van der Waals surface area contributed by atoms with E-state index in [0.29, 0.717) is 11.5 Å². The molecule has 0 aromatic rings. The summed E-state index contributed by atoms with van der Waals surface area (Å²) in [4.78, 5) is 0. The minimum absolute atomic E-state index is 0.0293. The molecule has 0 spiro atoms. The van der Waals surface area contributed by atoms with Gasteiger partial charge in [0.05, 0.1) is 11.7 Å². The minimum Gasteiger partial charge on any atom is -0.373 e. The van der Waals surface area contributed by atoms with E-state index < -0.39 is 0 Å². The Bertz CT molecular complexity index is 174. The van der Waals surface area contributed by atoms with Gasteiger partial charge in [-0.25, -0.2) is 0 Å². The van der Waals surface area contributed by atoms with Crippen molar-refractivity contribution in [3.05, 3.63) is 0 Å². The third-order valence-electron chi connectivity index (χ3n) is 3.22. The maximum Gasteiger partial charge on any atom is 0.0602 e. The second-order valence-electron chi connectivity index (χ2n) is 7.64. The van der Waals surface area contributed by atoms with Gasteiger partial charge in [-0.1, -0.05) is 20.8 Å². The average Bonchev–Trinajstić information content (AvgIpc) is 2.03. The van der Waals surface area contributed by atoms with E-state index in [0.717, 1.165) is 5.92 Å². The van der Waals surface area contributed by atoms with Gasteiger partial charge in [-0.05, 0) is 64.2 Å². The van der Waals surface area contributed by atoms with Crippen molar-refractivity contribution < 1.29 is 4.74 Å². The molecule has 16 heavy (non-hydrogen) atoms. The normalized spacial score (nSPS) is 28.1. The first-order valence-electron chi connectivity index (χ1n) is 6.83. The van der Waals surface area contributed by atoms with Crippen LogP contribution in [0.4, 0.5) is 0 Å². The molecule has 1 rings (SSSR count). The Hall–Kier alpha value is -0.0400. The van der Waals surface area contributed by atoms with E-state index in [1.54, 1.807) is 0 Å². The first-order chi connectivity index (χ1) is 7.16. The van der Waals surface area contributed by atoms with Crippen molar-refractivity contribution in [3.63, 3.8) is 0 Å². The van der Waals surface area contributed by atoms with E-state index in [9.17, 15) is 0 Å². The van der Waals surface area contributed by atoms with Crippen LogP contribution in [0.25, 0.3) is 0 Å². The van der Waals surface area contributed by atoms with Crippen LogP contribution in [0.1, 0.15) is 73.6 Å². The van der Waals surface area contributed by atoms with Crippen molar-refractivity contribution >= 4 is 0 Å². The van der Waals surface area contributed by atoms with Gasteiger partial charge in [-0.3, -0.25) is 0 Å². The summed E-state index contributed by atoms with van der Waals surface area (Å²) in [5.41, 5.74) is 0.518. The Morgan fingerprint density at radius 3 is 1.75 bits per heavy atom. The van der Waals surface area contributed by atoms with Crippen molar-refractivity contribution in [2.45, 2.75) is 85.4 Å². The van der Waals surface area contributed by atoms with E-state index in [1.165, 1.54) is 32.1 Å². The molecule has 0 aromatic carbocycles. The Morgan fingerprint density at radius 2 is 1.38 bits per heavy atom. The maximum absolute atomic E-state index is 6.06. The van der Waals surface area contributed by atoms with Crippen LogP contribution in [0.5, 0.6) is 0 Å². The standard InChI is InChI=1S/C15H30O/c1-14(2,3)11-12-7-9-13(10-8-12)16-15(4,5)6/h12-13H,7-11H2,1-6H3. The van der Waals surface area contributed by atoms with Crippen LogP contribution in [0, 0.1) is 11.3 Å². The molecule has 1 aliphatic carbocycles. The largest absolute Gasteiger partial charge is 0.373 e. The molecular formula is C15H30O. The first kappa shape index (κ1) is 14.0. The zero-order valence-corrected chi connectivity index (χ0v) is 12.1. The van der Waals surface area contributed by atoms with Crippen LogP contribution in [0.3, 0.4) is 0 Å². The minimum atomic E-state index is 0.0293. The smallest absolute Gasteiger partial charge is 0.0602 e. The molecule has 1 heteroatoms. The van der Waals surface area contributed by atoms with Crippen molar-refractivity contribution in [3.8, 4) is 0 Å². The fourth-order valence-corrected chi connectivity index (χ4v) is 2.82. The first-order valence-corrected chi connectivity index (χ1v) is 6.83. The van der Waals surface area contributed by atoms with Crippen LogP contribution in [0.2, 0.25) is 0 Å². The second-order valence-corrected chi connectivity index (χ2v) is 7.64. The Morgan fingerprint density at radius 1 is 0.875 bits per heavy atom. The Kier molecular flexibility index (Phi) is 4.45. The topological polar surface area (TPSA) is 9.23 Å². The number of hydrogen-bond acceptors (Lipinski definition) is 1. The molecule has 0 radical (unpaired) electrons. The van der Waals surface area contributed by atoms with Gasteiger partial charge in [0.2, 0.25) is 0 Å². The van der Waals surface area contributed by atoms with E-state index >= 15 is 0 Å². The highest BCUT2D eigenvalue weighted by atomic mass is 16.5. The van der Waals surface area contributed by atoms with Gasteiger partial charge < -0.3 is 4.74 Å². The van der Waals surface area contributed by atoms with Gasteiger partial charge in [0.25, 0.3) is 0 Å². The molecular weight excluding hydrogens is 196 g/mol. The molecule has 0 aliphatic heterocycles. The third-order valence-corrected chi connectivity index (χ3v) is 3.22. The molecule has 0 saturated heterocycles. The molecule has 0 amide bonds. The van der Waals surface area contributed by atoms with Crippen LogP contribution in [-0.2, 0) is 4.74 Å². The predicted molar refractivity (Wildman–Crippen MR) is 70.7 cm³/mol. The fourth-order valence-electron chi connectivity index (χ4n) is 2.82. The van der Waals surface area contributed by atoms with E-state index in [1.807, 2.05) is 0 Å². The summed E-state index contributed by atoms with van der Waals surface area (Å²) < 4.78 is 6.06. The SMILES string of the molecule is CC(C)(C)CC1CCC(OC(C)(C)C)CC1. The van der Waals surface area contributed by atoms with E-state index in [-0.39, 0.29) is 5.60 Å². The lowest BCUT2D eigenvalue weighted by Crippen LogP contribution is -2.31. The lowest BCUT2D eigenvalue weighted by Gasteiger charge is -2.35. The highest BCUT2D eigenvalue weighted by Crippen LogP contribution is 2.35. The van der Waals surface area contributed by atoms with Crippen molar-refractivity contribution in [1.29, 1.82) is 0 Å². The van der Waals surface area contributed by atoms with Crippen LogP contribution in [-0.4, -0.2) is 11.7 Å². The molecule has 1 nitrogen and oxygen atoms in total. The molecule has 1 fully saturated rings. The van der Waals surface area contributed by atoms with Crippen molar-refractivity contribution in [1.82, 2.24) is 0 Å². The predicted octanol–water partition coefficient (Wildman–Crippen LogP) is 4.80. The van der Waals surface area contributed by atoms with E-state index in [2.05, 4.69) is 41.5 Å². The zero-order valence-electron chi connectivity index (χ0n) is 12.1. The van der Waals surface area contributed by atoms with Crippen LogP contribution in [0.15, 0.2) is 0 Å². The van der Waals surface area contributed by atoms with E-state index in [4.69, 9.17) is 4.74 Å². The molecule has 0 unspecified atom stereocenters. The average molecular weight is 226 g/mol. The van der Waals surface area contributed by atoms with Gasteiger partial charge in [0, 0.05) is 0 Å². The molecule has 96 valence electrons. The molecule has 0 aromatic heterocycles. The summed E-state index contributed by atoms with van der Waals surface area (Å²) in [7, 11) is 0. The van der Waals surface area contributed by atoms with Gasteiger partial charge in [-0.15, -0.1) is 0 Å². The third kappa shape index (κ3) is 5.89.